The number of carbonyl (C=O) groups excluding carboxylic acids is 2. The van der Waals surface area contributed by atoms with E-state index in [1.54, 1.807) is 19.9 Å². The van der Waals surface area contributed by atoms with E-state index in [1.165, 1.54) is 24.1 Å². The standard InChI is InChI=1S/C20H21F3N2O2/c1-19(2)11-13(10-14(12-24)17(19)26)8-9-25(3)18(27)15-6-4-5-7-16(15)20(21,22)23/h4-7,10,13H,8-9,11H2,1-3H3/t13-/m1/s1. The summed E-state index contributed by atoms with van der Waals surface area (Å²) >= 11 is 0. The number of allylic oxidation sites excluding steroid dienone is 2. The van der Waals surface area contributed by atoms with Crippen LogP contribution in [0.15, 0.2) is 35.9 Å². The summed E-state index contributed by atoms with van der Waals surface area (Å²) in [5, 5.41) is 9.12. The number of carbonyl (C=O) groups is 2. The van der Waals surface area contributed by atoms with Gasteiger partial charge in [-0.25, -0.2) is 0 Å². The van der Waals surface area contributed by atoms with Crippen LogP contribution in [0.3, 0.4) is 0 Å². The molecule has 7 heteroatoms. The first-order chi connectivity index (χ1) is 12.5. The number of alkyl halides is 3. The van der Waals surface area contributed by atoms with Gasteiger partial charge in [-0.15, -0.1) is 0 Å². The van der Waals surface area contributed by atoms with Gasteiger partial charge in [-0.3, -0.25) is 9.59 Å². The molecular formula is C20H21F3N2O2. The first kappa shape index (κ1) is 20.7. The van der Waals surface area contributed by atoms with Crippen molar-refractivity contribution in [3.05, 3.63) is 47.0 Å². The molecule has 0 fully saturated rings. The number of amides is 1. The van der Waals surface area contributed by atoms with E-state index < -0.39 is 23.1 Å². The number of hydrogen-bond donors (Lipinski definition) is 0. The van der Waals surface area contributed by atoms with E-state index in [9.17, 15) is 22.8 Å². The molecule has 0 unspecified atom stereocenters. The second kappa shape index (κ2) is 7.55. The Morgan fingerprint density at radius 1 is 1.33 bits per heavy atom. The van der Waals surface area contributed by atoms with Crippen LogP contribution in [0.25, 0.3) is 0 Å². The molecule has 0 saturated heterocycles. The van der Waals surface area contributed by atoms with Gasteiger partial charge in [-0.05, 0) is 30.9 Å². The molecule has 0 aliphatic heterocycles. The molecule has 0 spiro atoms. The Labute approximate surface area is 156 Å². The molecule has 1 amide bonds. The maximum Gasteiger partial charge on any atom is 0.417 e. The molecule has 0 radical (unpaired) electrons. The lowest BCUT2D eigenvalue weighted by Crippen LogP contribution is -2.35. The normalized spacial score (nSPS) is 19.2. The number of ketones is 1. The molecule has 0 aromatic heterocycles. The molecule has 1 aliphatic carbocycles. The topological polar surface area (TPSA) is 61.2 Å². The first-order valence-electron chi connectivity index (χ1n) is 8.56. The summed E-state index contributed by atoms with van der Waals surface area (Å²) in [5.74, 6) is -1.01. The van der Waals surface area contributed by atoms with E-state index >= 15 is 0 Å². The van der Waals surface area contributed by atoms with Gasteiger partial charge in [-0.1, -0.05) is 32.1 Å². The lowest BCUT2D eigenvalue weighted by atomic mass is 9.71. The number of Topliss-reactive ketones (excluding diaryl/α,β-unsaturated/α-hetero) is 1. The van der Waals surface area contributed by atoms with Gasteiger partial charge in [0, 0.05) is 19.0 Å². The van der Waals surface area contributed by atoms with Gasteiger partial charge in [0.05, 0.1) is 16.7 Å². The Kier molecular flexibility index (Phi) is 5.79. The Morgan fingerprint density at radius 2 is 1.96 bits per heavy atom. The van der Waals surface area contributed by atoms with E-state index in [1.807, 2.05) is 6.07 Å². The lowest BCUT2D eigenvalue weighted by molar-refractivity contribution is -0.138. The fourth-order valence-corrected chi connectivity index (χ4v) is 3.34. The van der Waals surface area contributed by atoms with Crippen molar-refractivity contribution < 1.29 is 22.8 Å². The first-order valence-corrected chi connectivity index (χ1v) is 8.56. The van der Waals surface area contributed by atoms with Crippen molar-refractivity contribution in [2.75, 3.05) is 13.6 Å². The second-order valence-electron chi connectivity index (χ2n) is 7.43. The molecule has 0 bridgehead atoms. The molecule has 2 rings (SSSR count). The highest BCUT2D eigenvalue weighted by atomic mass is 19.4. The highest BCUT2D eigenvalue weighted by molar-refractivity contribution is 6.03. The fraction of sp³-hybridized carbons (Fsp3) is 0.450. The molecule has 0 heterocycles. The quantitative estimate of drug-likeness (QED) is 0.788. The van der Waals surface area contributed by atoms with Crippen molar-refractivity contribution in [2.45, 2.75) is 32.9 Å². The minimum absolute atomic E-state index is 0.0968. The average Bonchev–Trinajstić information content (AvgIpc) is 2.60. The van der Waals surface area contributed by atoms with Crippen LogP contribution >= 0.6 is 0 Å². The van der Waals surface area contributed by atoms with Gasteiger partial charge in [-0.2, -0.15) is 18.4 Å². The molecule has 144 valence electrons. The Bertz CT molecular complexity index is 819. The van der Waals surface area contributed by atoms with Crippen molar-refractivity contribution in [3.63, 3.8) is 0 Å². The number of rotatable bonds is 4. The zero-order valence-corrected chi connectivity index (χ0v) is 15.4. The largest absolute Gasteiger partial charge is 0.417 e. The van der Waals surface area contributed by atoms with Crippen molar-refractivity contribution in [2.24, 2.45) is 11.3 Å². The third-order valence-corrected chi connectivity index (χ3v) is 4.80. The van der Waals surface area contributed by atoms with Gasteiger partial charge in [0.15, 0.2) is 5.78 Å². The predicted octanol–water partition coefficient (Wildman–Crippen LogP) is 4.23. The van der Waals surface area contributed by atoms with E-state index in [4.69, 9.17) is 5.26 Å². The Hall–Kier alpha value is -2.62. The predicted molar refractivity (Wildman–Crippen MR) is 93.6 cm³/mol. The van der Waals surface area contributed by atoms with E-state index in [2.05, 4.69) is 0 Å². The van der Waals surface area contributed by atoms with Gasteiger partial charge in [0.1, 0.15) is 6.07 Å². The molecule has 4 nitrogen and oxygen atoms in total. The maximum atomic E-state index is 13.1. The van der Waals surface area contributed by atoms with Gasteiger partial charge in [0.2, 0.25) is 0 Å². The van der Waals surface area contributed by atoms with Crippen LogP contribution in [-0.4, -0.2) is 30.2 Å². The molecule has 1 aliphatic rings. The third kappa shape index (κ3) is 4.57. The lowest BCUT2D eigenvalue weighted by Gasteiger charge is -2.32. The molecule has 1 aromatic rings. The third-order valence-electron chi connectivity index (χ3n) is 4.80. The summed E-state index contributed by atoms with van der Waals surface area (Å²) in [4.78, 5) is 25.9. The highest BCUT2D eigenvalue weighted by Gasteiger charge is 2.38. The van der Waals surface area contributed by atoms with E-state index in [0.717, 1.165) is 12.1 Å². The summed E-state index contributed by atoms with van der Waals surface area (Å²) in [6, 6.07) is 6.60. The number of nitriles is 1. The minimum atomic E-state index is -4.61. The van der Waals surface area contributed by atoms with Crippen LogP contribution in [0.4, 0.5) is 13.2 Å². The number of hydrogen-bond acceptors (Lipinski definition) is 3. The van der Waals surface area contributed by atoms with Gasteiger partial charge >= 0.3 is 6.18 Å². The number of halogens is 3. The fourth-order valence-electron chi connectivity index (χ4n) is 3.34. The minimum Gasteiger partial charge on any atom is -0.342 e. The van der Waals surface area contributed by atoms with Crippen LogP contribution in [0, 0.1) is 22.7 Å². The zero-order chi connectivity index (χ0) is 20.4. The van der Waals surface area contributed by atoms with Crippen molar-refractivity contribution in [1.82, 2.24) is 4.90 Å². The summed E-state index contributed by atoms with van der Waals surface area (Å²) in [5.41, 5.74) is -1.92. The van der Waals surface area contributed by atoms with E-state index in [-0.39, 0.29) is 29.4 Å². The number of nitrogens with zero attached hydrogens (tertiary/aromatic N) is 2. The van der Waals surface area contributed by atoms with Crippen molar-refractivity contribution in [1.29, 1.82) is 5.26 Å². The van der Waals surface area contributed by atoms with Crippen LogP contribution in [0.1, 0.15) is 42.6 Å². The molecule has 0 saturated carbocycles. The van der Waals surface area contributed by atoms with Crippen LogP contribution in [0.5, 0.6) is 0 Å². The molecule has 1 aromatic carbocycles. The Morgan fingerprint density at radius 3 is 2.56 bits per heavy atom. The summed E-state index contributed by atoms with van der Waals surface area (Å²) in [6.45, 7) is 3.75. The summed E-state index contributed by atoms with van der Waals surface area (Å²) in [6.07, 6.45) is -2.02. The monoisotopic (exact) mass is 378 g/mol. The second-order valence-corrected chi connectivity index (χ2v) is 7.43. The van der Waals surface area contributed by atoms with Crippen LogP contribution < -0.4 is 0 Å². The average molecular weight is 378 g/mol. The number of benzene rings is 1. The molecule has 27 heavy (non-hydrogen) atoms. The Balaban J connectivity index is 2.12. The molecule has 0 N–H and O–H groups in total. The smallest absolute Gasteiger partial charge is 0.342 e. The van der Waals surface area contributed by atoms with E-state index in [0.29, 0.717) is 12.8 Å². The van der Waals surface area contributed by atoms with Gasteiger partial charge < -0.3 is 4.90 Å². The SMILES string of the molecule is CN(CC[C@@H]1C=C(C#N)C(=O)C(C)(C)C1)C(=O)c1ccccc1C(F)(F)F. The van der Waals surface area contributed by atoms with Crippen LogP contribution in [0.2, 0.25) is 0 Å². The van der Waals surface area contributed by atoms with Crippen molar-refractivity contribution >= 4 is 11.7 Å². The van der Waals surface area contributed by atoms with Crippen LogP contribution in [-0.2, 0) is 11.0 Å². The summed E-state index contributed by atoms with van der Waals surface area (Å²) < 4.78 is 39.3. The zero-order valence-electron chi connectivity index (χ0n) is 15.4. The molecular weight excluding hydrogens is 357 g/mol. The molecule has 1 atom stereocenters. The van der Waals surface area contributed by atoms with Crippen molar-refractivity contribution in [3.8, 4) is 6.07 Å². The highest BCUT2D eigenvalue weighted by Crippen LogP contribution is 2.37. The maximum absolute atomic E-state index is 13.1. The summed E-state index contributed by atoms with van der Waals surface area (Å²) in [7, 11) is 1.45. The van der Waals surface area contributed by atoms with Gasteiger partial charge in [0.25, 0.3) is 5.91 Å².